The van der Waals surface area contributed by atoms with Gasteiger partial charge in [-0.25, -0.2) is 0 Å². The van der Waals surface area contributed by atoms with Crippen LogP contribution >= 0.6 is 0 Å². The van der Waals surface area contributed by atoms with E-state index >= 15 is 0 Å². The van der Waals surface area contributed by atoms with E-state index in [0.29, 0.717) is 0 Å². The van der Waals surface area contributed by atoms with Crippen LogP contribution in [0.15, 0.2) is 0 Å². The molecule has 0 atom stereocenters. The summed E-state index contributed by atoms with van der Waals surface area (Å²) in [6, 6.07) is 0.925. The van der Waals surface area contributed by atoms with Gasteiger partial charge in [0, 0.05) is 12.6 Å². The third-order valence-electron chi connectivity index (χ3n) is 3.51. The molecule has 0 aliphatic heterocycles. The van der Waals surface area contributed by atoms with Gasteiger partial charge in [-0.3, -0.25) is 0 Å². The molecule has 4 rings (SSSR count). The van der Waals surface area contributed by atoms with E-state index in [1.54, 1.807) is 19.3 Å². The first-order chi connectivity index (χ1) is 4.86. The van der Waals surface area contributed by atoms with Crippen LogP contribution in [0.4, 0.5) is 0 Å². The van der Waals surface area contributed by atoms with E-state index in [9.17, 15) is 0 Å². The largest absolute Gasteiger partial charge is 0.313 e. The summed E-state index contributed by atoms with van der Waals surface area (Å²) in [5.41, 5.74) is 0.827. The highest BCUT2D eigenvalue weighted by Crippen LogP contribution is 2.64. The molecule has 1 nitrogen and oxygen atoms in total. The van der Waals surface area contributed by atoms with Gasteiger partial charge in [0.2, 0.25) is 0 Å². The first-order valence-electron chi connectivity index (χ1n) is 4.60. The van der Waals surface area contributed by atoms with E-state index in [0.717, 1.165) is 17.4 Å². The van der Waals surface area contributed by atoms with Crippen molar-refractivity contribution in [2.24, 2.45) is 11.3 Å². The van der Waals surface area contributed by atoms with Crippen LogP contribution in [0.3, 0.4) is 0 Å². The molecule has 10 heavy (non-hydrogen) atoms. The maximum atomic E-state index is 3.64. The average Bonchev–Trinajstić information content (AvgIpc) is 2.40. The zero-order chi connectivity index (χ0) is 6.60. The van der Waals surface area contributed by atoms with Crippen LogP contribution in [0.1, 0.15) is 32.1 Å². The van der Waals surface area contributed by atoms with Gasteiger partial charge >= 0.3 is 0 Å². The van der Waals surface area contributed by atoms with Crippen LogP contribution < -0.4 is 5.32 Å². The lowest BCUT2D eigenvalue weighted by molar-refractivity contribution is -0.103. The summed E-state index contributed by atoms with van der Waals surface area (Å²) in [5, 5.41) is 3.64. The van der Waals surface area contributed by atoms with E-state index < -0.39 is 0 Å². The molecule has 0 aromatic carbocycles. The summed E-state index contributed by atoms with van der Waals surface area (Å²) in [7, 11) is 0. The second kappa shape index (κ2) is 1.58. The van der Waals surface area contributed by atoms with Gasteiger partial charge in [0.25, 0.3) is 0 Å². The fourth-order valence-corrected chi connectivity index (χ4v) is 2.52. The monoisotopic (exact) mass is 137 g/mol. The molecule has 1 heteroatoms. The Morgan fingerprint density at radius 3 is 2.30 bits per heavy atom. The summed E-state index contributed by atoms with van der Waals surface area (Å²) in [4.78, 5) is 0. The molecular weight excluding hydrogens is 122 g/mol. The summed E-state index contributed by atoms with van der Waals surface area (Å²) in [6.45, 7) is 1.34. The summed E-state index contributed by atoms with van der Waals surface area (Å²) in [5.74, 6) is 1.15. The molecule has 56 valence electrons. The first-order valence-corrected chi connectivity index (χ1v) is 4.60. The predicted octanol–water partition coefficient (Wildman–Crippen LogP) is 1.54. The summed E-state index contributed by atoms with van der Waals surface area (Å²) < 4.78 is 0. The van der Waals surface area contributed by atoms with Crippen LogP contribution in [-0.2, 0) is 0 Å². The van der Waals surface area contributed by atoms with E-state index in [4.69, 9.17) is 0 Å². The highest BCUT2D eigenvalue weighted by Gasteiger charge is 2.56. The van der Waals surface area contributed by atoms with Gasteiger partial charge in [-0.2, -0.15) is 0 Å². The number of hydrogen-bond acceptors (Lipinski definition) is 1. The van der Waals surface area contributed by atoms with Crippen molar-refractivity contribution in [1.82, 2.24) is 5.32 Å². The van der Waals surface area contributed by atoms with Crippen molar-refractivity contribution in [3.05, 3.63) is 0 Å². The fraction of sp³-hybridized carbons (Fsp3) is 1.00. The topological polar surface area (TPSA) is 12.0 Å². The van der Waals surface area contributed by atoms with Crippen molar-refractivity contribution in [3.8, 4) is 0 Å². The van der Waals surface area contributed by atoms with E-state index in [2.05, 4.69) is 5.32 Å². The Morgan fingerprint density at radius 1 is 1.20 bits per heavy atom. The van der Waals surface area contributed by atoms with Gasteiger partial charge in [-0.15, -0.1) is 0 Å². The normalized spacial score (nSPS) is 49.8. The number of hydrogen-bond donors (Lipinski definition) is 1. The molecule has 0 unspecified atom stereocenters. The van der Waals surface area contributed by atoms with Crippen LogP contribution in [0.25, 0.3) is 0 Å². The summed E-state index contributed by atoms with van der Waals surface area (Å²) in [6.07, 6.45) is 7.53. The lowest BCUT2D eigenvalue weighted by Gasteiger charge is -2.62. The molecule has 4 aliphatic rings. The smallest absolute Gasteiger partial charge is 0.00684 e. The van der Waals surface area contributed by atoms with Crippen LogP contribution in [0.2, 0.25) is 0 Å². The third kappa shape index (κ3) is 0.672. The quantitative estimate of drug-likeness (QED) is 0.622. The molecule has 4 aliphatic carbocycles. The molecule has 4 saturated carbocycles. The van der Waals surface area contributed by atoms with Gasteiger partial charge in [0.1, 0.15) is 0 Å². The van der Waals surface area contributed by atoms with Crippen LogP contribution in [-0.4, -0.2) is 12.6 Å². The van der Waals surface area contributed by atoms with Crippen molar-refractivity contribution >= 4 is 0 Å². The highest BCUT2D eigenvalue weighted by molar-refractivity contribution is 5.08. The van der Waals surface area contributed by atoms with Gasteiger partial charge in [-0.05, 0) is 43.4 Å². The average molecular weight is 137 g/mol. The molecule has 0 aromatic rings. The molecule has 1 N–H and O–H groups in total. The number of rotatable bonds is 3. The molecule has 0 amide bonds. The Labute approximate surface area is 62.2 Å². The first kappa shape index (κ1) is 5.59. The SMILES string of the molecule is C1CC1NCC12CC(C1)C2. The third-order valence-corrected chi connectivity index (χ3v) is 3.51. The second-order valence-corrected chi connectivity index (χ2v) is 4.63. The zero-order valence-corrected chi connectivity index (χ0v) is 6.40. The van der Waals surface area contributed by atoms with Crippen molar-refractivity contribution in [2.75, 3.05) is 6.54 Å². The van der Waals surface area contributed by atoms with Gasteiger partial charge in [0.05, 0.1) is 0 Å². The highest BCUT2D eigenvalue weighted by atomic mass is 15.0. The Hall–Kier alpha value is -0.0400. The lowest BCUT2D eigenvalue weighted by Crippen LogP contribution is -2.57. The molecule has 0 saturated heterocycles. The molecular formula is C9H15N. The standard InChI is InChI=1S/C9H15N/c1-2-8(1)10-6-9-3-7(4-9)5-9/h7-8,10H,1-6H2. The maximum Gasteiger partial charge on any atom is 0.00684 e. The van der Waals surface area contributed by atoms with Crippen molar-refractivity contribution < 1.29 is 0 Å². The molecule has 0 radical (unpaired) electrons. The van der Waals surface area contributed by atoms with Gasteiger partial charge < -0.3 is 5.32 Å². The Morgan fingerprint density at radius 2 is 1.90 bits per heavy atom. The molecule has 0 aromatic heterocycles. The van der Waals surface area contributed by atoms with E-state index in [-0.39, 0.29) is 0 Å². The van der Waals surface area contributed by atoms with Crippen molar-refractivity contribution in [2.45, 2.75) is 38.1 Å². The number of nitrogens with one attached hydrogen (secondary N) is 1. The Bertz CT molecular complexity index is 143. The molecule has 0 heterocycles. The summed E-state index contributed by atoms with van der Waals surface area (Å²) >= 11 is 0. The van der Waals surface area contributed by atoms with Crippen molar-refractivity contribution in [1.29, 1.82) is 0 Å². The second-order valence-electron chi connectivity index (χ2n) is 4.63. The molecule has 2 bridgehead atoms. The fourth-order valence-electron chi connectivity index (χ4n) is 2.52. The Balaban J connectivity index is 1.49. The Kier molecular flexibility index (Phi) is 0.883. The van der Waals surface area contributed by atoms with Gasteiger partial charge in [-0.1, -0.05) is 0 Å². The predicted molar refractivity (Wildman–Crippen MR) is 40.8 cm³/mol. The van der Waals surface area contributed by atoms with Crippen LogP contribution in [0, 0.1) is 11.3 Å². The van der Waals surface area contributed by atoms with Gasteiger partial charge in [0.15, 0.2) is 0 Å². The zero-order valence-electron chi connectivity index (χ0n) is 6.40. The lowest BCUT2D eigenvalue weighted by atomic mass is 9.44. The van der Waals surface area contributed by atoms with E-state index in [1.165, 1.54) is 19.4 Å². The minimum Gasteiger partial charge on any atom is -0.313 e. The molecule has 4 fully saturated rings. The maximum absolute atomic E-state index is 3.64. The van der Waals surface area contributed by atoms with E-state index in [1.807, 2.05) is 0 Å². The minimum atomic E-state index is 0.827. The van der Waals surface area contributed by atoms with Crippen LogP contribution in [0.5, 0.6) is 0 Å². The minimum absolute atomic E-state index is 0.827. The molecule has 0 spiro atoms. The van der Waals surface area contributed by atoms with Crippen molar-refractivity contribution in [3.63, 3.8) is 0 Å².